The fraction of sp³-hybridized carbons (Fsp3) is 0.571. The van der Waals surface area contributed by atoms with E-state index in [1.165, 1.54) is 6.20 Å². The fourth-order valence-electron chi connectivity index (χ4n) is 1.40. The maximum atomic E-state index is 10.5. The summed E-state index contributed by atoms with van der Waals surface area (Å²) >= 11 is 0. The van der Waals surface area contributed by atoms with Crippen molar-refractivity contribution in [3.05, 3.63) is 24.0 Å². The number of amides is 1. The summed E-state index contributed by atoms with van der Waals surface area (Å²) in [4.78, 5) is 14.7. The topological polar surface area (TPSA) is 71.5 Å². The van der Waals surface area contributed by atoms with Crippen LogP contribution in [0.5, 0.6) is 0 Å². The molecule has 0 radical (unpaired) electrons. The molecule has 0 aromatic carbocycles. The minimum absolute atomic E-state index is 0.204. The standard InChI is InChI=1S/C14H24N2O3Si/c1-14(2,3)20(4,5)19-9-8-11-6-7-12(10-15-11)16-13(17)18/h6-7,10,16H,8-9H2,1-5H3,(H,17,18). The van der Waals surface area contributed by atoms with Gasteiger partial charge in [0.25, 0.3) is 0 Å². The van der Waals surface area contributed by atoms with Crippen molar-refractivity contribution in [2.75, 3.05) is 11.9 Å². The summed E-state index contributed by atoms with van der Waals surface area (Å²) in [6, 6.07) is 3.53. The molecule has 0 unspecified atom stereocenters. The van der Waals surface area contributed by atoms with Gasteiger partial charge in [0.15, 0.2) is 8.32 Å². The molecule has 1 heterocycles. The number of pyridine rings is 1. The molecule has 1 rings (SSSR count). The Kier molecular flexibility index (Phi) is 5.30. The Morgan fingerprint density at radius 3 is 2.50 bits per heavy atom. The zero-order valence-electron chi connectivity index (χ0n) is 12.9. The summed E-state index contributed by atoms with van der Waals surface area (Å²) in [5.41, 5.74) is 1.38. The van der Waals surface area contributed by atoms with Crippen LogP contribution in [0.1, 0.15) is 26.5 Å². The first-order valence-corrected chi connectivity index (χ1v) is 9.61. The number of anilines is 1. The molecule has 1 amide bonds. The molecule has 0 aliphatic rings. The van der Waals surface area contributed by atoms with E-state index in [1.54, 1.807) is 6.07 Å². The molecule has 0 saturated carbocycles. The molecule has 6 heteroatoms. The predicted molar refractivity (Wildman–Crippen MR) is 82.7 cm³/mol. The molecule has 0 spiro atoms. The van der Waals surface area contributed by atoms with Gasteiger partial charge < -0.3 is 9.53 Å². The number of aromatic nitrogens is 1. The molecule has 0 aliphatic carbocycles. The van der Waals surface area contributed by atoms with Crippen molar-refractivity contribution in [1.29, 1.82) is 0 Å². The van der Waals surface area contributed by atoms with Crippen molar-refractivity contribution < 1.29 is 14.3 Å². The smallest absolute Gasteiger partial charge is 0.409 e. The summed E-state index contributed by atoms with van der Waals surface area (Å²) in [7, 11) is -1.71. The predicted octanol–water partition coefficient (Wildman–Crippen LogP) is 3.74. The summed E-state index contributed by atoms with van der Waals surface area (Å²) < 4.78 is 6.08. The Bertz CT molecular complexity index is 452. The molecular weight excluding hydrogens is 272 g/mol. The lowest BCUT2D eigenvalue weighted by molar-refractivity contribution is 0.209. The Morgan fingerprint density at radius 1 is 1.40 bits per heavy atom. The molecule has 0 saturated heterocycles. The van der Waals surface area contributed by atoms with Crippen LogP contribution in [0.4, 0.5) is 10.5 Å². The Hall–Kier alpha value is -1.40. The van der Waals surface area contributed by atoms with Crippen molar-refractivity contribution in [2.45, 2.75) is 45.3 Å². The van der Waals surface area contributed by atoms with Gasteiger partial charge >= 0.3 is 6.09 Å². The molecular formula is C14H24N2O3Si. The third-order valence-electron chi connectivity index (χ3n) is 3.70. The highest BCUT2D eigenvalue weighted by molar-refractivity contribution is 6.74. The minimum atomic E-state index is -1.71. The second-order valence-electron chi connectivity index (χ2n) is 6.33. The van der Waals surface area contributed by atoms with Crippen LogP contribution in [-0.4, -0.2) is 31.1 Å². The SMILES string of the molecule is CC(C)(C)[Si](C)(C)OCCc1ccc(NC(=O)O)cn1. The summed E-state index contributed by atoms with van der Waals surface area (Å²) in [5, 5.41) is 11.1. The Morgan fingerprint density at radius 2 is 2.05 bits per heavy atom. The highest BCUT2D eigenvalue weighted by atomic mass is 28.4. The zero-order chi connectivity index (χ0) is 15.4. The van der Waals surface area contributed by atoms with Gasteiger partial charge in [0.05, 0.1) is 11.9 Å². The van der Waals surface area contributed by atoms with E-state index < -0.39 is 14.4 Å². The van der Waals surface area contributed by atoms with Crippen molar-refractivity contribution in [3.63, 3.8) is 0 Å². The molecule has 2 N–H and O–H groups in total. The van der Waals surface area contributed by atoms with E-state index in [0.717, 1.165) is 12.1 Å². The molecule has 0 aliphatic heterocycles. The van der Waals surface area contributed by atoms with Crippen molar-refractivity contribution in [3.8, 4) is 0 Å². The average Bonchev–Trinajstić information content (AvgIpc) is 2.29. The third-order valence-corrected chi connectivity index (χ3v) is 8.24. The highest BCUT2D eigenvalue weighted by Crippen LogP contribution is 2.36. The van der Waals surface area contributed by atoms with Gasteiger partial charge in [-0.05, 0) is 30.3 Å². The molecule has 0 fully saturated rings. The second-order valence-corrected chi connectivity index (χ2v) is 11.1. The largest absolute Gasteiger partial charge is 0.465 e. The third kappa shape index (κ3) is 4.94. The van der Waals surface area contributed by atoms with Gasteiger partial charge in [0.1, 0.15) is 0 Å². The first-order chi connectivity index (χ1) is 9.12. The van der Waals surface area contributed by atoms with Crippen molar-refractivity contribution in [2.24, 2.45) is 0 Å². The van der Waals surface area contributed by atoms with Gasteiger partial charge in [-0.2, -0.15) is 0 Å². The molecule has 0 atom stereocenters. The second kappa shape index (κ2) is 6.36. The van der Waals surface area contributed by atoms with E-state index >= 15 is 0 Å². The van der Waals surface area contributed by atoms with Crippen LogP contribution in [-0.2, 0) is 10.8 Å². The number of carbonyl (C=O) groups is 1. The van der Waals surface area contributed by atoms with Crippen LogP contribution < -0.4 is 5.32 Å². The number of carboxylic acid groups (broad SMARTS) is 1. The fourth-order valence-corrected chi connectivity index (χ4v) is 2.44. The maximum absolute atomic E-state index is 10.5. The normalized spacial score (nSPS) is 12.2. The average molecular weight is 296 g/mol. The summed E-state index contributed by atoms with van der Waals surface area (Å²) in [6.07, 6.45) is 1.18. The van der Waals surface area contributed by atoms with Gasteiger partial charge in [-0.3, -0.25) is 10.3 Å². The lowest BCUT2D eigenvalue weighted by atomic mass is 10.2. The maximum Gasteiger partial charge on any atom is 0.409 e. The van der Waals surface area contributed by atoms with Crippen LogP contribution >= 0.6 is 0 Å². The van der Waals surface area contributed by atoms with E-state index in [2.05, 4.69) is 44.2 Å². The summed E-state index contributed by atoms with van der Waals surface area (Å²) in [6.45, 7) is 11.7. The van der Waals surface area contributed by atoms with Crippen LogP contribution in [0, 0.1) is 0 Å². The number of nitrogens with zero attached hydrogens (tertiary/aromatic N) is 1. The lowest BCUT2D eigenvalue weighted by Crippen LogP contribution is -2.41. The molecule has 20 heavy (non-hydrogen) atoms. The summed E-state index contributed by atoms with van der Waals surface area (Å²) in [5.74, 6) is 0. The van der Waals surface area contributed by atoms with Crippen LogP contribution in [0.15, 0.2) is 18.3 Å². The number of nitrogens with one attached hydrogen (secondary N) is 1. The molecule has 5 nitrogen and oxygen atoms in total. The monoisotopic (exact) mass is 296 g/mol. The molecule has 0 bridgehead atoms. The Labute approximate surface area is 121 Å². The van der Waals surface area contributed by atoms with E-state index in [0.29, 0.717) is 12.3 Å². The molecule has 1 aromatic rings. The van der Waals surface area contributed by atoms with Crippen LogP contribution in [0.25, 0.3) is 0 Å². The number of hydrogen-bond donors (Lipinski definition) is 2. The number of hydrogen-bond acceptors (Lipinski definition) is 3. The molecule has 1 aromatic heterocycles. The lowest BCUT2D eigenvalue weighted by Gasteiger charge is -2.36. The van der Waals surface area contributed by atoms with E-state index in [9.17, 15) is 4.79 Å². The first-order valence-electron chi connectivity index (χ1n) is 6.71. The van der Waals surface area contributed by atoms with E-state index in [1.807, 2.05) is 6.07 Å². The highest BCUT2D eigenvalue weighted by Gasteiger charge is 2.36. The van der Waals surface area contributed by atoms with E-state index in [4.69, 9.17) is 9.53 Å². The van der Waals surface area contributed by atoms with Crippen molar-refractivity contribution >= 4 is 20.1 Å². The van der Waals surface area contributed by atoms with Gasteiger partial charge in [0, 0.05) is 18.7 Å². The Balaban J connectivity index is 2.49. The number of rotatable bonds is 5. The zero-order valence-corrected chi connectivity index (χ0v) is 13.9. The van der Waals surface area contributed by atoms with Gasteiger partial charge in [-0.15, -0.1) is 0 Å². The minimum Gasteiger partial charge on any atom is -0.465 e. The van der Waals surface area contributed by atoms with Gasteiger partial charge in [-0.25, -0.2) is 4.79 Å². The first kappa shape index (κ1) is 16.7. The van der Waals surface area contributed by atoms with Gasteiger partial charge in [0.2, 0.25) is 0 Å². The van der Waals surface area contributed by atoms with Crippen LogP contribution in [0.3, 0.4) is 0 Å². The van der Waals surface area contributed by atoms with Gasteiger partial charge in [-0.1, -0.05) is 20.8 Å². The van der Waals surface area contributed by atoms with Crippen molar-refractivity contribution in [1.82, 2.24) is 4.98 Å². The molecule has 112 valence electrons. The quantitative estimate of drug-likeness (QED) is 0.812. The van der Waals surface area contributed by atoms with Crippen LogP contribution in [0.2, 0.25) is 18.1 Å². The van der Waals surface area contributed by atoms with E-state index in [-0.39, 0.29) is 5.04 Å².